The molecule has 0 aliphatic heterocycles. The Balaban J connectivity index is 2.39. The first-order chi connectivity index (χ1) is 9.52. The van der Waals surface area contributed by atoms with E-state index in [1.54, 1.807) is 12.1 Å². The topological polar surface area (TPSA) is 99.1 Å². The standard InChI is InChI=1S/C15H13N3O2/c1-9-3-2-4-13(11(9)8-16)18-14-6-5-10(15(19)20)7-12(14)17/h2-7,18H,17H2,1H3,(H,19,20). The second-order valence-corrected chi connectivity index (χ2v) is 4.34. The van der Waals surface area contributed by atoms with Crippen LogP contribution in [-0.2, 0) is 0 Å². The van der Waals surface area contributed by atoms with Gasteiger partial charge in [0, 0.05) is 0 Å². The number of nitrogens with one attached hydrogen (secondary N) is 1. The molecule has 2 rings (SSSR count). The zero-order valence-electron chi connectivity index (χ0n) is 10.8. The zero-order valence-corrected chi connectivity index (χ0v) is 10.8. The summed E-state index contributed by atoms with van der Waals surface area (Å²) in [6, 6.07) is 12.0. The number of nitrogens with two attached hydrogens (primary N) is 1. The van der Waals surface area contributed by atoms with Gasteiger partial charge in [0.25, 0.3) is 0 Å². The highest BCUT2D eigenvalue weighted by atomic mass is 16.4. The summed E-state index contributed by atoms with van der Waals surface area (Å²) in [5.74, 6) is -1.03. The molecule has 0 aliphatic carbocycles. The summed E-state index contributed by atoms with van der Waals surface area (Å²) in [7, 11) is 0. The molecule has 0 unspecified atom stereocenters. The Bertz CT molecular complexity index is 718. The van der Waals surface area contributed by atoms with E-state index in [-0.39, 0.29) is 5.56 Å². The van der Waals surface area contributed by atoms with Crippen LogP contribution in [0.15, 0.2) is 36.4 Å². The SMILES string of the molecule is Cc1cccc(Nc2ccc(C(=O)O)cc2N)c1C#N. The van der Waals surface area contributed by atoms with Crippen LogP contribution in [0.4, 0.5) is 17.1 Å². The second-order valence-electron chi connectivity index (χ2n) is 4.34. The lowest BCUT2D eigenvalue weighted by Crippen LogP contribution is -2.02. The molecule has 0 heterocycles. The first kappa shape index (κ1) is 13.4. The van der Waals surface area contributed by atoms with Gasteiger partial charge >= 0.3 is 5.97 Å². The van der Waals surface area contributed by atoms with Gasteiger partial charge in [0.1, 0.15) is 6.07 Å². The number of aryl methyl sites for hydroxylation is 1. The molecule has 0 radical (unpaired) electrons. The van der Waals surface area contributed by atoms with Crippen LogP contribution in [0.2, 0.25) is 0 Å². The minimum absolute atomic E-state index is 0.123. The molecule has 5 heteroatoms. The third kappa shape index (κ3) is 2.54. The van der Waals surface area contributed by atoms with E-state index >= 15 is 0 Å². The predicted molar refractivity (Wildman–Crippen MR) is 77.0 cm³/mol. The number of nitriles is 1. The fraction of sp³-hybridized carbons (Fsp3) is 0.0667. The van der Waals surface area contributed by atoms with Crippen molar-refractivity contribution in [1.29, 1.82) is 5.26 Å². The van der Waals surface area contributed by atoms with Crippen LogP contribution in [0.5, 0.6) is 0 Å². The smallest absolute Gasteiger partial charge is 0.335 e. The summed E-state index contributed by atoms with van der Waals surface area (Å²) in [5, 5.41) is 21.1. The molecule has 0 aromatic heterocycles. The molecule has 0 spiro atoms. The van der Waals surface area contributed by atoms with Gasteiger partial charge in [-0.2, -0.15) is 5.26 Å². The first-order valence-corrected chi connectivity index (χ1v) is 5.92. The van der Waals surface area contributed by atoms with Gasteiger partial charge in [0.05, 0.1) is 28.2 Å². The second kappa shape index (κ2) is 5.33. The molecule has 5 nitrogen and oxygen atoms in total. The molecule has 0 amide bonds. The van der Waals surface area contributed by atoms with E-state index in [0.717, 1.165) is 5.56 Å². The molecule has 2 aromatic rings. The van der Waals surface area contributed by atoms with E-state index in [1.807, 2.05) is 19.1 Å². The van der Waals surface area contributed by atoms with Crippen LogP contribution in [0.3, 0.4) is 0 Å². The molecule has 0 aliphatic rings. The highest BCUT2D eigenvalue weighted by Crippen LogP contribution is 2.27. The van der Waals surface area contributed by atoms with Crippen LogP contribution in [-0.4, -0.2) is 11.1 Å². The van der Waals surface area contributed by atoms with Crippen molar-refractivity contribution in [3.8, 4) is 6.07 Å². The van der Waals surface area contributed by atoms with Crippen LogP contribution < -0.4 is 11.1 Å². The molecule has 0 saturated carbocycles. The summed E-state index contributed by atoms with van der Waals surface area (Å²) in [6.45, 7) is 1.85. The maximum atomic E-state index is 10.8. The monoisotopic (exact) mass is 267 g/mol. The van der Waals surface area contributed by atoms with Gasteiger partial charge in [0.2, 0.25) is 0 Å². The maximum Gasteiger partial charge on any atom is 0.335 e. The van der Waals surface area contributed by atoms with E-state index in [2.05, 4.69) is 11.4 Å². The Morgan fingerprint density at radius 3 is 2.65 bits per heavy atom. The fourth-order valence-corrected chi connectivity index (χ4v) is 1.88. The lowest BCUT2D eigenvalue weighted by atomic mass is 10.1. The van der Waals surface area contributed by atoms with Gasteiger partial charge in [-0.05, 0) is 36.8 Å². The Hall–Kier alpha value is -3.00. The minimum Gasteiger partial charge on any atom is -0.478 e. The van der Waals surface area contributed by atoms with E-state index in [9.17, 15) is 4.79 Å². The van der Waals surface area contributed by atoms with Crippen molar-refractivity contribution in [1.82, 2.24) is 0 Å². The number of rotatable bonds is 3. The third-order valence-electron chi connectivity index (χ3n) is 2.95. The molecule has 2 aromatic carbocycles. The summed E-state index contributed by atoms with van der Waals surface area (Å²) in [5.41, 5.74) is 8.87. The highest BCUT2D eigenvalue weighted by molar-refractivity contribution is 5.91. The number of carboxylic acid groups (broad SMARTS) is 1. The minimum atomic E-state index is -1.03. The van der Waals surface area contributed by atoms with E-state index in [4.69, 9.17) is 16.1 Å². The molecule has 20 heavy (non-hydrogen) atoms. The summed E-state index contributed by atoms with van der Waals surface area (Å²) < 4.78 is 0. The lowest BCUT2D eigenvalue weighted by Gasteiger charge is -2.12. The van der Waals surface area contributed by atoms with Gasteiger partial charge in [-0.15, -0.1) is 0 Å². The van der Waals surface area contributed by atoms with Crippen LogP contribution >= 0.6 is 0 Å². The van der Waals surface area contributed by atoms with E-state index in [1.165, 1.54) is 12.1 Å². The van der Waals surface area contributed by atoms with Gasteiger partial charge in [-0.1, -0.05) is 12.1 Å². The normalized spacial score (nSPS) is 9.80. The number of aromatic carboxylic acids is 1. The Kier molecular flexibility index (Phi) is 3.58. The molecule has 4 N–H and O–H groups in total. The van der Waals surface area contributed by atoms with E-state index in [0.29, 0.717) is 22.6 Å². The van der Waals surface area contributed by atoms with Crippen LogP contribution in [0.1, 0.15) is 21.5 Å². The summed E-state index contributed by atoms with van der Waals surface area (Å²) in [6.07, 6.45) is 0. The Labute approximate surface area is 116 Å². The predicted octanol–water partition coefficient (Wildman–Crippen LogP) is 2.89. The third-order valence-corrected chi connectivity index (χ3v) is 2.95. The Morgan fingerprint density at radius 2 is 2.05 bits per heavy atom. The molecule has 0 atom stereocenters. The zero-order chi connectivity index (χ0) is 14.7. The summed E-state index contributed by atoms with van der Waals surface area (Å²) >= 11 is 0. The van der Waals surface area contributed by atoms with Crippen molar-refractivity contribution in [3.63, 3.8) is 0 Å². The molecular weight excluding hydrogens is 254 g/mol. The first-order valence-electron chi connectivity index (χ1n) is 5.92. The van der Waals surface area contributed by atoms with Crippen molar-refractivity contribution in [3.05, 3.63) is 53.1 Å². The highest BCUT2D eigenvalue weighted by Gasteiger charge is 2.09. The number of benzene rings is 2. The fourth-order valence-electron chi connectivity index (χ4n) is 1.88. The molecule has 0 fully saturated rings. The average molecular weight is 267 g/mol. The molecule has 0 saturated heterocycles. The van der Waals surface area contributed by atoms with Crippen molar-refractivity contribution in [2.45, 2.75) is 6.92 Å². The number of hydrogen-bond acceptors (Lipinski definition) is 4. The van der Waals surface area contributed by atoms with E-state index < -0.39 is 5.97 Å². The Morgan fingerprint density at radius 1 is 1.30 bits per heavy atom. The van der Waals surface area contributed by atoms with Gasteiger partial charge < -0.3 is 16.2 Å². The molecule has 100 valence electrons. The van der Waals surface area contributed by atoms with Gasteiger partial charge in [-0.3, -0.25) is 0 Å². The number of anilines is 3. The molecule has 0 bridgehead atoms. The van der Waals surface area contributed by atoms with Crippen LogP contribution in [0, 0.1) is 18.3 Å². The number of hydrogen-bond donors (Lipinski definition) is 3. The largest absolute Gasteiger partial charge is 0.478 e. The average Bonchev–Trinajstić information content (AvgIpc) is 2.41. The van der Waals surface area contributed by atoms with Crippen molar-refractivity contribution in [2.75, 3.05) is 11.1 Å². The van der Waals surface area contributed by atoms with Crippen molar-refractivity contribution in [2.24, 2.45) is 0 Å². The quantitative estimate of drug-likeness (QED) is 0.742. The van der Waals surface area contributed by atoms with Crippen molar-refractivity contribution >= 4 is 23.0 Å². The number of carbonyl (C=O) groups is 1. The maximum absolute atomic E-state index is 10.8. The molecular formula is C15H13N3O2. The van der Waals surface area contributed by atoms with Gasteiger partial charge in [-0.25, -0.2) is 4.79 Å². The van der Waals surface area contributed by atoms with Crippen molar-refractivity contribution < 1.29 is 9.90 Å². The summed E-state index contributed by atoms with van der Waals surface area (Å²) in [4.78, 5) is 10.8. The lowest BCUT2D eigenvalue weighted by molar-refractivity contribution is 0.0697. The number of nitrogen functional groups attached to an aromatic ring is 1. The van der Waals surface area contributed by atoms with Crippen LogP contribution in [0.25, 0.3) is 0 Å². The number of carboxylic acids is 1. The van der Waals surface area contributed by atoms with Gasteiger partial charge in [0.15, 0.2) is 0 Å². The number of nitrogens with zero attached hydrogens (tertiary/aromatic N) is 1.